The van der Waals surface area contributed by atoms with E-state index in [1.807, 2.05) is 14.0 Å². The maximum Gasteiger partial charge on any atom is 0.163 e. The molecule has 0 aliphatic carbocycles. The van der Waals surface area contributed by atoms with Crippen LogP contribution in [-0.2, 0) is 13.5 Å². The van der Waals surface area contributed by atoms with Gasteiger partial charge in [-0.25, -0.2) is 9.97 Å². The molecule has 16 heavy (non-hydrogen) atoms. The van der Waals surface area contributed by atoms with Gasteiger partial charge in [-0.15, -0.1) is 0 Å². The Hall–Kier alpha value is -1.16. The fourth-order valence-corrected chi connectivity index (χ4v) is 2.02. The van der Waals surface area contributed by atoms with E-state index in [4.69, 9.17) is 11.6 Å². The van der Waals surface area contributed by atoms with Crippen LogP contribution in [0.15, 0.2) is 0 Å². The Morgan fingerprint density at radius 2 is 2.00 bits per heavy atom. The highest BCUT2D eigenvalue weighted by atomic mass is 35.5. The largest absolute Gasteiger partial charge is 0.250 e. The van der Waals surface area contributed by atoms with Gasteiger partial charge in [-0.3, -0.25) is 4.68 Å². The van der Waals surface area contributed by atoms with Crippen molar-refractivity contribution in [2.75, 3.05) is 0 Å². The standard InChI is InChI=1S/C11H15ClN4/c1-5-7-13-10(12)8-9(6(2)3)15-16(4)11(8)14-7/h6H,5H2,1-4H3. The number of hydrogen-bond acceptors (Lipinski definition) is 3. The van der Waals surface area contributed by atoms with E-state index < -0.39 is 0 Å². The summed E-state index contributed by atoms with van der Waals surface area (Å²) in [5.74, 6) is 1.08. The van der Waals surface area contributed by atoms with Crippen LogP contribution >= 0.6 is 11.6 Å². The molecule has 0 unspecified atom stereocenters. The van der Waals surface area contributed by atoms with Crippen molar-refractivity contribution in [3.63, 3.8) is 0 Å². The summed E-state index contributed by atoms with van der Waals surface area (Å²) in [6, 6.07) is 0. The fraction of sp³-hybridized carbons (Fsp3) is 0.545. The van der Waals surface area contributed by atoms with Crippen LogP contribution in [0, 0.1) is 0 Å². The molecule has 2 aromatic heterocycles. The van der Waals surface area contributed by atoms with E-state index in [1.54, 1.807) is 4.68 Å². The minimum absolute atomic E-state index is 0.317. The smallest absolute Gasteiger partial charge is 0.163 e. The minimum atomic E-state index is 0.317. The van der Waals surface area contributed by atoms with E-state index in [0.717, 1.165) is 29.0 Å². The summed E-state index contributed by atoms with van der Waals surface area (Å²) in [6.45, 7) is 6.19. The number of hydrogen-bond donors (Lipinski definition) is 0. The third kappa shape index (κ3) is 1.67. The van der Waals surface area contributed by atoms with Gasteiger partial charge in [0, 0.05) is 13.5 Å². The lowest BCUT2D eigenvalue weighted by molar-refractivity contribution is 0.723. The van der Waals surface area contributed by atoms with Gasteiger partial charge in [0.15, 0.2) is 5.65 Å². The molecular formula is C11H15ClN4. The van der Waals surface area contributed by atoms with Crippen molar-refractivity contribution in [3.8, 4) is 0 Å². The van der Waals surface area contributed by atoms with Gasteiger partial charge in [-0.2, -0.15) is 5.10 Å². The first-order chi connectivity index (χ1) is 7.54. The molecule has 0 bridgehead atoms. The summed E-state index contributed by atoms with van der Waals surface area (Å²) in [5.41, 5.74) is 1.78. The number of rotatable bonds is 2. The van der Waals surface area contributed by atoms with Gasteiger partial charge in [0.05, 0.1) is 11.1 Å². The predicted molar refractivity (Wildman–Crippen MR) is 64.8 cm³/mol. The van der Waals surface area contributed by atoms with Crippen LogP contribution in [0.2, 0.25) is 5.15 Å². The van der Waals surface area contributed by atoms with Gasteiger partial charge in [0.25, 0.3) is 0 Å². The molecule has 2 aromatic rings. The van der Waals surface area contributed by atoms with Gasteiger partial charge in [0.2, 0.25) is 0 Å². The quantitative estimate of drug-likeness (QED) is 0.756. The monoisotopic (exact) mass is 238 g/mol. The Balaban J connectivity index is 2.80. The number of aromatic nitrogens is 4. The van der Waals surface area contributed by atoms with Crippen molar-refractivity contribution in [3.05, 3.63) is 16.7 Å². The second kappa shape index (κ2) is 4.01. The van der Waals surface area contributed by atoms with Crippen LogP contribution in [0.3, 0.4) is 0 Å². The second-order valence-corrected chi connectivity index (χ2v) is 4.50. The molecule has 2 heterocycles. The van der Waals surface area contributed by atoms with Crippen LogP contribution in [-0.4, -0.2) is 19.7 Å². The average Bonchev–Trinajstić information content (AvgIpc) is 2.57. The molecule has 0 N–H and O–H groups in total. The second-order valence-electron chi connectivity index (χ2n) is 4.15. The van der Waals surface area contributed by atoms with Crippen molar-refractivity contribution in [1.29, 1.82) is 0 Å². The molecule has 0 atom stereocenters. The highest BCUT2D eigenvalue weighted by Crippen LogP contribution is 2.28. The zero-order valence-corrected chi connectivity index (χ0v) is 10.7. The predicted octanol–water partition coefficient (Wildman–Crippen LogP) is 2.70. The Labute approximate surface area is 99.7 Å². The highest BCUT2D eigenvalue weighted by molar-refractivity contribution is 6.34. The van der Waals surface area contributed by atoms with Gasteiger partial charge >= 0.3 is 0 Å². The Morgan fingerprint density at radius 1 is 1.31 bits per heavy atom. The molecule has 5 heteroatoms. The third-order valence-electron chi connectivity index (χ3n) is 2.58. The molecule has 0 spiro atoms. The van der Waals surface area contributed by atoms with Crippen LogP contribution in [0.5, 0.6) is 0 Å². The first kappa shape index (κ1) is 11.3. The first-order valence-electron chi connectivity index (χ1n) is 5.43. The SMILES string of the molecule is CCc1nc(Cl)c2c(C(C)C)nn(C)c2n1. The van der Waals surface area contributed by atoms with Crippen LogP contribution in [0.4, 0.5) is 0 Å². The van der Waals surface area contributed by atoms with E-state index >= 15 is 0 Å². The van der Waals surface area contributed by atoms with Crippen molar-refractivity contribution >= 4 is 22.6 Å². The molecule has 0 aliphatic heterocycles. The molecule has 0 aliphatic rings. The molecule has 0 amide bonds. The maximum absolute atomic E-state index is 6.20. The zero-order chi connectivity index (χ0) is 11.9. The third-order valence-corrected chi connectivity index (χ3v) is 2.85. The zero-order valence-electron chi connectivity index (χ0n) is 9.95. The van der Waals surface area contributed by atoms with Crippen molar-refractivity contribution in [2.45, 2.75) is 33.1 Å². The van der Waals surface area contributed by atoms with Crippen LogP contribution in [0.1, 0.15) is 38.2 Å². The van der Waals surface area contributed by atoms with E-state index in [1.165, 1.54) is 0 Å². The number of halogens is 1. The minimum Gasteiger partial charge on any atom is -0.250 e. The van der Waals surface area contributed by atoms with E-state index in [2.05, 4.69) is 28.9 Å². The molecule has 0 saturated heterocycles. The maximum atomic E-state index is 6.20. The lowest BCUT2D eigenvalue weighted by atomic mass is 10.1. The van der Waals surface area contributed by atoms with E-state index in [-0.39, 0.29) is 0 Å². The normalized spacial score (nSPS) is 11.6. The molecule has 0 radical (unpaired) electrons. The molecule has 0 fully saturated rings. The molecule has 0 saturated carbocycles. The molecule has 0 aromatic carbocycles. The van der Waals surface area contributed by atoms with E-state index in [9.17, 15) is 0 Å². The summed E-state index contributed by atoms with van der Waals surface area (Å²) in [5, 5.41) is 5.85. The van der Waals surface area contributed by atoms with Crippen LogP contribution < -0.4 is 0 Å². The number of nitrogens with zero attached hydrogens (tertiary/aromatic N) is 4. The summed E-state index contributed by atoms with van der Waals surface area (Å²) in [4.78, 5) is 8.74. The topological polar surface area (TPSA) is 43.6 Å². The van der Waals surface area contributed by atoms with Crippen molar-refractivity contribution < 1.29 is 0 Å². The van der Waals surface area contributed by atoms with Gasteiger partial charge in [-0.05, 0) is 5.92 Å². The molecule has 2 rings (SSSR count). The summed E-state index contributed by atoms with van der Waals surface area (Å²) in [7, 11) is 1.89. The highest BCUT2D eigenvalue weighted by Gasteiger charge is 2.17. The fourth-order valence-electron chi connectivity index (χ4n) is 1.74. The van der Waals surface area contributed by atoms with Gasteiger partial charge in [0.1, 0.15) is 11.0 Å². The Morgan fingerprint density at radius 3 is 2.56 bits per heavy atom. The summed E-state index contributed by atoms with van der Waals surface area (Å²) >= 11 is 6.20. The Kier molecular flexibility index (Phi) is 2.84. The average molecular weight is 239 g/mol. The lowest BCUT2D eigenvalue weighted by Crippen LogP contribution is -1.97. The molecular weight excluding hydrogens is 224 g/mol. The van der Waals surface area contributed by atoms with Crippen molar-refractivity contribution in [2.24, 2.45) is 7.05 Å². The molecule has 86 valence electrons. The summed E-state index contributed by atoms with van der Waals surface area (Å²) in [6.07, 6.45) is 0.776. The van der Waals surface area contributed by atoms with Crippen LogP contribution in [0.25, 0.3) is 11.0 Å². The van der Waals surface area contributed by atoms with Gasteiger partial charge < -0.3 is 0 Å². The number of aryl methyl sites for hydroxylation is 2. The number of fused-ring (bicyclic) bond motifs is 1. The Bertz CT molecular complexity index is 530. The van der Waals surface area contributed by atoms with Gasteiger partial charge in [-0.1, -0.05) is 32.4 Å². The lowest BCUT2D eigenvalue weighted by Gasteiger charge is -2.02. The van der Waals surface area contributed by atoms with E-state index in [0.29, 0.717) is 11.1 Å². The van der Waals surface area contributed by atoms with Crippen molar-refractivity contribution in [1.82, 2.24) is 19.7 Å². The summed E-state index contributed by atoms with van der Waals surface area (Å²) < 4.78 is 1.78. The first-order valence-corrected chi connectivity index (χ1v) is 5.81. The molecule has 4 nitrogen and oxygen atoms in total.